The van der Waals surface area contributed by atoms with Crippen molar-refractivity contribution in [1.29, 1.82) is 0 Å². The summed E-state index contributed by atoms with van der Waals surface area (Å²) in [6.07, 6.45) is 2.17. The highest BCUT2D eigenvalue weighted by atomic mass is 19.4. The van der Waals surface area contributed by atoms with Crippen LogP contribution in [-0.4, -0.2) is 49.5 Å². The van der Waals surface area contributed by atoms with Crippen molar-refractivity contribution in [3.05, 3.63) is 53.9 Å². The first kappa shape index (κ1) is 24.3. The van der Waals surface area contributed by atoms with Gasteiger partial charge in [-0.15, -0.1) is 0 Å². The molecule has 10 heteroatoms. The standard InChI is InChI=1S/C24H29F3N4O3/c25-24(26,27)18-1-6-22(31-11-13-33-14-12-31)21(15-18)30-23(32)29-19-2-4-20(5-3-19)34-16-17-7-9-28-10-8-17/h1,6-10,15,19-20H,2-5,11-14,16H2,(H2,29,30,32). The van der Waals surface area contributed by atoms with E-state index in [1.165, 1.54) is 6.07 Å². The number of benzene rings is 1. The summed E-state index contributed by atoms with van der Waals surface area (Å²) in [5, 5.41) is 5.57. The molecular formula is C24H29F3N4O3. The van der Waals surface area contributed by atoms with Crippen molar-refractivity contribution in [2.24, 2.45) is 0 Å². The Bertz CT molecular complexity index is 944. The lowest BCUT2D eigenvalue weighted by Crippen LogP contribution is -2.42. The maximum absolute atomic E-state index is 13.3. The number of alkyl halides is 3. The van der Waals surface area contributed by atoms with Crippen molar-refractivity contribution in [2.45, 2.75) is 50.6 Å². The number of morpholine rings is 1. The number of rotatable bonds is 6. The van der Waals surface area contributed by atoms with Crippen molar-refractivity contribution in [3.8, 4) is 0 Å². The van der Waals surface area contributed by atoms with Crippen LogP contribution in [0.2, 0.25) is 0 Å². The molecule has 2 fully saturated rings. The average Bonchev–Trinajstić information content (AvgIpc) is 2.84. The Morgan fingerprint density at radius 1 is 1.09 bits per heavy atom. The minimum atomic E-state index is -4.49. The predicted octanol–water partition coefficient (Wildman–Crippen LogP) is 4.59. The Labute approximate surface area is 196 Å². The third kappa shape index (κ3) is 6.60. The van der Waals surface area contributed by atoms with Gasteiger partial charge in [0.15, 0.2) is 0 Å². The van der Waals surface area contributed by atoms with Crippen LogP contribution in [0, 0.1) is 0 Å². The molecule has 0 unspecified atom stereocenters. The first-order chi connectivity index (χ1) is 16.4. The van der Waals surface area contributed by atoms with E-state index < -0.39 is 17.8 Å². The van der Waals surface area contributed by atoms with E-state index in [1.54, 1.807) is 12.4 Å². The molecule has 34 heavy (non-hydrogen) atoms. The lowest BCUT2D eigenvalue weighted by Gasteiger charge is -2.32. The number of carbonyl (C=O) groups is 1. The third-order valence-corrected chi connectivity index (χ3v) is 6.17. The summed E-state index contributed by atoms with van der Waals surface area (Å²) in [7, 11) is 0. The molecule has 2 N–H and O–H groups in total. The highest BCUT2D eigenvalue weighted by Gasteiger charge is 2.32. The molecule has 7 nitrogen and oxygen atoms in total. The van der Waals surface area contributed by atoms with E-state index in [0.717, 1.165) is 43.4 Å². The van der Waals surface area contributed by atoms with Gasteiger partial charge < -0.3 is 25.0 Å². The quantitative estimate of drug-likeness (QED) is 0.636. The zero-order valence-electron chi connectivity index (χ0n) is 18.8. The topological polar surface area (TPSA) is 75.7 Å². The van der Waals surface area contributed by atoms with E-state index in [1.807, 2.05) is 17.0 Å². The van der Waals surface area contributed by atoms with Crippen LogP contribution in [0.5, 0.6) is 0 Å². The minimum Gasteiger partial charge on any atom is -0.378 e. The lowest BCUT2D eigenvalue weighted by atomic mass is 9.93. The van der Waals surface area contributed by atoms with Gasteiger partial charge in [-0.05, 0) is 61.6 Å². The van der Waals surface area contributed by atoms with Crippen LogP contribution >= 0.6 is 0 Å². The summed E-state index contributed by atoms with van der Waals surface area (Å²) in [4.78, 5) is 18.6. The van der Waals surface area contributed by atoms with E-state index >= 15 is 0 Å². The van der Waals surface area contributed by atoms with Gasteiger partial charge in [0.2, 0.25) is 0 Å². The van der Waals surface area contributed by atoms with Crippen LogP contribution in [0.3, 0.4) is 0 Å². The molecular weight excluding hydrogens is 449 g/mol. The molecule has 1 saturated heterocycles. The van der Waals surface area contributed by atoms with Gasteiger partial charge in [0.1, 0.15) is 0 Å². The molecule has 1 aliphatic heterocycles. The number of aromatic nitrogens is 1. The summed E-state index contributed by atoms with van der Waals surface area (Å²) < 4.78 is 51.2. The van der Waals surface area contributed by atoms with Crippen LogP contribution in [0.15, 0.2) is 42.7 Å². The van der Waals surface area contributed by atoms with Gasteiger partial charge in [0, 0.05) is 31.5 Å². The molecule has 2 amide bonds. The number of nitrogens with zero attached hydrogens (tertiary/aromatic N) is 2. The van der Waals surface area contributed by atoms with Crippen molar-refractivity contribution >= 4 is 17.4 Å². The van der Waals surface area contributed by atoms with Crippen molar-refractivity contribution in [3.63, 3.8) is 0 Å². The number of anilines is 2. The second kappa shape index (κ2) is 11.1. The normalized spacial score (nSPS) is 21.2. The highest BCUT2D eigenvalue weighted by Crippen LogP contribution is 2.36. The van der Waals surface area contributed by atoms with Crippen molar-refractivity contribution < 1.29 is 27.4 Å². The number of nitrogens with one attached hydrogen (secondary N) is 2. The molecule has 0 spiro atoms. The Hall–Kier alpha value is -2.85. The predicted molar refractivity (Wildman–Crippen MR) is 122 cm³/mol. The van der Waals surface area contributed by atoms with Crippen LogP contribution in [0.25, 0.3) is 0 Å². The minimum absolute atomic E-state index is 0.0570. The van der Waals surface area contributed by atoms with E-state index in [9.17, 15) is 18.0 Å². The fourth-order valence-corrected chi connectivity index (χ4v) is 4.30. The fourth-order valence-electron chi connectivity index (χ4n) is 4.30. The maximum Gasteiger partial charge on any atom is 0.416 e. The van der Waals surface area contributed by atoms with Gasteiger partial charge in [-0.25, -0.2) is 4.79 Å². The number of carbonyl (C=O) groups excluding carboxylic acids is 1. The number of ether oxygens (including phenoxy) is 2. The summed E-state index contributed by atoms with van der Waals surface area (Å²) in [6, 6.07) is 6.71. The molecule has 0 bridgehead atoms. The molecule has 0 atom stereocenters. The third-order valence-electron chi connectivity index (χ3n) is 6.17. The number of halogens is 3. The average molecular weight is 479 g/mol. The number of amides is 2. The number of hydrogen-bond donors (Lipinski definition) is 2. The van der Waals surface area contributed by atoms with Gasteiger partial charge in [0.05, 0.1) is 42.9 Å². The largest absolute Gasteiger partial charge is 0.416 e. The van der Waals surface area contributed by atoms with Crippen molar-refractivity contribution in [2.75, 3.05) is 36.5 Å². The van der Waals surface area contributed by atoms with E-state index in [2.05, 4.69) is 15.6 Å². The molecule has 1 saturated carbocycles. The molecule has 2 aromatic rings. The van der Waals surface area contributed by atoms with Gasteiger partial charge in [-0.2, -0.15) is 13.2 Å². The fraction of sp³-hybridized carbons (Fsp3) is 0.500. The van der Waals surface area contributed by atoms with Gasteiger partial charge >= 0.3 is 12.2 Å². The highest BCUT2D eigenvalue weighted by molar-refractivity contribution is 5.93. The molecule has 1 aliphatic carbocycles. The second-order valence-electron chi connectivity index (χ2n) is 8.57. The molecule has 2 heterocycles. The summed E-state index contributed by atoms with van der Waals surface area (Å²) >= 11 is 0. The van der Waals surface area contributed by atoms with Crippen LogP contribution in [-0.2, 0) is 22.3 Å². The van der Waals surface area contributed by atoms with Gasteiger partial charge in [0.25, 0.3) is 0 Å². The molecule has 1 aromatic carbocycles. The van der Waals surface area contributed by atoms with E-state index in [0.29, 0.717) is 38.6 Å². The number of urea groups is 1. The monoisotopic (exact) mass is 478 g/mol. The molecule has 2 aliphatic rings. The van der Waals surface area contributed by atoms with E-state index in [4.69, 9.17) is 9.47 Å². The van der Waals surface area contributed by atoms with Crippen LogP contribution in [0.1, 0.15) is 36.8 Å². The van der Waals surface area contributed by atoms with Crippen LogP contribution < -0.4 is 15.5 Å². The first-order valence-corrected chi connectivity index (χ1v) is 11.5. The number of pyridine rings is 1. The number of hydrogen-bond acceptors (Lipinski definition) is 5. The summed E-state index contributed by atoms with van der Waals surface area (Å²) in [6.45, 7) is 2.58. The molecule has 0 radical (unpaired) electrons. The SMILES string of the molecule is O=C(Nc1cc(C(F)(F)F)ccc1N1CCOCC1)NC1CCC(OCc2ccncc2)CC1. The first-order valence-electron chi connectivity index (χ1n) is 11.5. The molecule has 184 valence electrons. The Morgan fingerprint density at radius 3 is 2.47 bits per heavy atom. The Morgan fingerprint density at radius 2 is 1.79 bits per heavy atom. The Kier molecular flexibility index (Phi) is 7.89. The smallest absolute Gasteiger partial charge is 0.378 e. The lowest BCUT2D eigenvalue weighted by molar-refractivity contribution is -0.137. The second-order valence-corrected chi connectivity index (χ2v) is 8.57. The Balaban J connectivity index is 1.32. The van der Waals surface area contributed by atoms with Crippen LogP contribution in [0.4, 0.5) is 29.3 Å². The zero-order chi connectivity index (χ0) is 24.0. The molecule has 4 rings (SSSR count). The molecule has 1 aromatic heterocycles. The maximum atomic E-state index is 13.3. The van der Waals surface area contributed by atoms with E-state index in [-0.39, 0.29) is 17.8 Å². The summed E-state index contributed by atoms with van der Waals surface area (Å²) in [5.74, 6) is 0. The summed E-state index contributed by atoms with van der Waals surface area (Å²) in [5.41, 5.74) is 0.960. The van der Waals surface area contributed by atoms with Gasteiger partial charge in [-0.3, -0.25) is 4.98 Å². The van der Waals surface area contributed by atoms with Gasteiger partial charge in [-0.1, -0.05) is 0 Å². The van der Waals surface area contributed by atoms with Crippen molar-refractivity contribution in [1.82, 2.24) is 10.3 Å². The zero-order valence-corrected chi connectivity index (χ0v) is 18.8.